The summed E-state index contributed by atoms with van der Waals surface area (Å²) in [6, 6.07) is 6.07. The third-order valence-corrected chi connectivity index (χ3v) is 2.96. The molecule has 0 saturated heterocycles. The topological polar surface area (TPSA) is 56.2 Å². The van der Waals surface area contributed by atoms with Gasteiger partial charge in [0.15, 0.2) is 6.61 Å². The van der Waals surface area contributed by atoms with Crippen LogP contribution in [-0.2, 0) is 11.0 Å². The largest absolute Gasteiger partial charge is 0.484 e. The number of hydrogen-bond acceptors (Lipinski definition) is 3. The number of alkyl halides is 3. The fourth-order valence-electron chi connectivity index (χ4n) is 1.91. The average Bonchev–Trinajstić information content (AvgIpc) is 2.93. The van der Waals surface area contributed by atoms with Crippen molar-refractivity contribution in [3.63, 3.8) is 0 Å². The number of anilines is 1. The smallest absolute Gasteiger partial charge is 0.416 e. The summed E-state index contributed by atoms with van der Waals surface area (Å²) in [5.41, 5.74) is -0.826. The second-order valence-electron chi connectivity index (χ2n) is 5.12. The Morgan fingerprint density at radius 2 is 2.09 bits per heavy atom. The van der Waals surface area contributed by atoms with E-state index in [9.17, 15) is 18.0 Å². The Balaban J connectivity index is 1.96. The van der Waals surface area contributed by atoms with E-state index in [1.807, 2.05) is 13.8 Å². The molecule has 2 aromatic rings. The number of amides is 1. The number of ether oxygens (including phenoxy) is 1. The quantitative estimate of drug-likeness (QED) is 0.914. The van der Waals surface area contributed by atoms with Crippen molar-refractivity contribution in [2.75, 3.05) is 11.9 Å². The van der Waals surface area contributed by atoms with Crippen molar-refractivity contribution < 1.29 is 22.7 Å². The van der Waals surface area contributed by atoms with E-state index in [0.717, 1.165) is 12.1 Å². The first-order valence-electron chi connectivity index (χ1n) is 6.91. The summed E-state index contributed by atoms with van der Waals surface area (Å²) in [5.74, 6) is -0.00482. The third kappa shape index (κ3) is 4.48. The van der Waals surface area contributed by atoms with Crippen LogP contribution in [0.15, 0.2) is 36.5 Å². The summed E-state index contributed by atoms with van der Waals surface area (Å²) in [7, 11) is 0. The number of carbonyl (C=O) groups is 1. The van der Waals surface area contributed by atoms with E-state index in [-0.39, 0.29) is 11.8 Å². The lowest BCUT2D eigenvalue weighted by atomic mass is 10.2. The van der Waals surface area contributed by atoms with Crippen molar-refractivity contribution in [1.29, 1.82) is 0 Å². The second-order valence-corrected chi connectivity index (χ2v) is 5.12. The molecule has 1 aromatic heterocycles. The van der Waals surface area contributed by atoms with E-state index < -0.39 is 24.3 Å². The Hall–Kier alpha value is -2.51. The summed E-state index contributed by atoms with van der Waals surface area (Å²) >= 11 is 0. The van der Waals surface area contributed by atoms with E-state index >= 15 is 0 Å². The van der Waals surface area contributed by atoms with Gasteiger partial charge in [-0.1, -0.05) is 6.07 Å². The maximum absolute atomic E-state index is 12.6. The number of benzene rings is 1. The molecule has 0 aliphatic carbocycles. The molecule has 0 atom stereocenters. The minimum absolute atomic E-state index is 0.0210. The van der Waals surface area contributed by atoms with E-state index in [1.54, 1.807) is 16.9 Å². The molecule has 0 aliphatic rings. The van der Waals surface area contributed by atoms with Crippen LogP contribution in [0.1, 0.15) is 25.5 Å². The summed E-state index contributed by atoms with van der Waals surface area (Å²) in [5, 5.41) is 6.66. The van der Waals surface area contributed by atoms with Gasteiger partial charge >= 0.3 is 6.18 Å². The first kappa shape index (κ1) is 16.9. The molecule has 8 heteroatoms. The van der Waals surface area contributed by atoms with Gasteiger partial charge in [-0.05, 0) is 32.0 Å². The van der Waals surface area contributed by atoms with Crippen molar-refractivity contribution in [2.24, 2.45) is 0 Å². The SMILES string of the molecule is CC(C)n1nccc1NC(=O)COc1cccc(C(F)(F)F)c1. The van der Waals surface area contributed by atoms with Crippen LogP contribution in [0.25, 0.3) is 0 Å². The van der Waals surface area contributed by atoms with Gasteiger partial charge in [0.25, 0.3) is 5.91 Å². The monoisotopic (exact) mass is 327 g/mol. The Morgan fingerprint density at radius 3 is 2.74 bits per heavy atom. The van der Waals surface area contributed by atoms with E-state index in [1.165, 1.54) is 12.1 Å². The summed E-state index contributed by atoms with van der Waals surface area (Å²) in [4.78, 5) is 11.8. The number of aromatic nitrogens is 2. The van der Waals surface area contributed by atoms with Crippen LogP contribution in [0, 0.1) is 0 Å². The molecule has 23 heavy (non-hydrogen) atoms. The number of nitrogens with zero attached hydrogens (tertiary/aromatic N) is 2. The van der Waals surface area contributed by atoms with Crippen LogP contribution in [-0.4, -0.2) is 22.3 Å². The summed E-state index contributed by atoms with van der Waals surface area (Å²) < 4.78 is 44.5. The maximum Gasteiger partial charge on any atom is 0.416 e. The first-order valence-corrected chi connectivity index (χ1v) is 6.91. The zero-order valence-electron chi connectivity index (χ0n) is 12.6. The van der Waals surface area contributed by atoms with Gasteiger partial charge in [-0.3, -0.25) is 4.79 Å². The highest BCUT2D eigenvalue weighted by atomic mass is 19.4. The molecule has 1 amide bonds. The number of nitrogens with one attached hydrogen (secondary N) is 1. The van der Waals surface area contributed by atoms with Crippen LogP contribution < -0.4 is 10.1 Å². The van der Waals surface area contributed by atoms with Crippen LogP contribution >= 0.6 is 0 Å². The van der Waals surface area contributed by atoms with E-state index in [2.05, 4.69) is 10.4 Å². The summed E-state index contributed by atoms with van der Waals surface area (Å²) in [6.07, 6.45) is -2.91. The van der Waals surface area contributed by atoms with Crippen molar-refractivity contribution in [3.05, 3.63) is 42.1 Å². The Labute approximate surface area is 131 Å². The van der Waals surface area contributed by atoms with Crippen LogP contribution in [0.5, 0.6) is 5.75 Å². The Morgan fingerprint density at radius 1 is 1.35 bits per heavy atom. The molecule has 0 bridgehead atoms. The fraction of sp³-hybridized carbons (Fsp3) is 0.333. The van der Waals surface area contributed by atoms with Crippen molar-refractivity contribution in [2.45, 2.75) is 26.1 Å². The molecule has 1 aromatic carbocycles. The Kier molecular flexibility index (Phi) is 4.92. The second kappa shape index (κ2) is 6.72. The molecule has 1 N–H and O–H groups in total. The average molecular weight is 327 g/mol. The highest BCUT2D eigenvalue weighted by Gasteiger charge is 2.30. The maximum atomic E-state index is 12.6. The molecule has 5 nitrogen and oxygen atoms in total. The molecular formula is C15H16F3N3O2. The van der Waals surface area contributed by atoms with Crippen molar-refractivity contribution in [3.8, 4) is 5.75 Å². The van der Waals surface area contributed by atoms with Gasteiger partial charge in [0, 0.05) is 12.1 Å². The van der Waals surface area contributed by atoms with Crippen LogP contribution in [0.2, 0.25) is 0 Å². The zero-order chi connectivity index (χ0) is 17.0. The van der Waals surface area contributed by atoms with Gasteiger partial charge in [-0.2, -0.15) is 18.3 Å². The van der Waals surface area contributed by atoms with Gasteiger partial charge < -0.3 is 10.1 Å². The van der Waals surface area contributed by atoms with E-state index in [0.29, 0.717) is 5.82 Å². The van der Waals surface area contributed by atoms with Crippen molar-refractivity contribution in [1.82, 2.24) is 9.78 Å². The van der Waals surface area contributed by atoms with Crippen molar-refractivity contribution >= 4 is 11.7 Å². The predicted molar refractivity (Wildman–Crippen MR) is 78.2 cm³/mol. The Bertz CT molecular complexity index is 681. The molecule has 0 aliphatic heterocycles. The minimum atomic E-state index is -4.45. The lowest BCUT2D eigenvalue weighted by Gasteiger charge is -2.13. The lowest BCUT2D eigenvalue weighted by molar-refractivity contribution is -0.137. The number of halogens is 3. The van der Waals surface area contributed by atoms with Gasteiger partial charge in [0.05, 0.1) is 11.8 Å². The first-order chi connectivity index (χ1) is 10.8. The van der Waals surface area contributed by atoms with Gasteiger partial charge in [-0.25, -0.2) is 4.68 Å². The fourth-order valence-corrected chi connectivity index (χ4v) is 1.91. The molecule has 0 unspecified atom stereocenters. The highest BCUT2D eigenvalue weighted by molar-refractivity contribution is 5.91. The summed E-state index contributed by atoms with van der Waals surface area (Å²) in [6.45, 7) is 3.41. The lowest BCUT2D eigenvalue weighted by Crippen LogP contribution is -2.22. The predicted octanol–water partition coefficient (Wildman–Crippen LogP) is 3.50. The zero-order valence-corrected chi connectivity index (χ0v) is 12.6. The normalized spacial score (nSPS) is 11.6. The minimum Gasteiger partial charge on any atom is -0.484 e. The van der Waals surface area contributed by atoms with Crippen LogP contribution in [0.3, 0.4) is 0 Å². The molecule has 2 rings (SSSR count). The molecule has 1 heterocycles. The highest BCUT2D eigenvalue weighted by Crippen LogP contribution is 2.31. The molecule has 124 valence electrons. The van der Waals surface area contributed by atoms with Gasteiger partial charge in [-0.15, -0.1) is 0 Å². The molecule has 0 fully saturated rings. The molecule has 0 radical (unpaired) electrons. The van der Waals surface area contributed by atoms with E-state index in [4.69, 9.17) is 4.74 Å². The molecular weight excluding hydrogens is 311 g/mol. The standard InChI is InChI=1S/C15H16F3N3O2/c1-10(2)21-13(6-7-19-21)20-14(22)9-23-12-5-3-4-11(8-12)15(16,17)18/h3-8,10H,9H2,1-2H3,(H,20,22). The number of rotatable bonds is 5. The van der Waals surface area contributed by atoms with Gasteiger partial charge in [0.1, 0.15) is 11.6 Å². The number of carbonyl (C=O) groups excluding carboxylic acids is 1. The van der Waals surface area contributed by atoms with Gasteiger partial charge in [0.2, 0.25) is 0 Å². The van der Waals surface area contributed by atoms with Crippen LogP contribution in [0.4, 0.5) is 19.0 Å². The number of hydrogen-bond donors (Lipinski definition) is 1. The third-order valence-electron chi connectivity index (χ3n) is 2.96. The molecule has 0 spiro atoms. The molecule has 0 saturated carbocycles.